The summed E-state index contributed by atoms with van der Waals surface area (Å²) in [6.45, 7) is 0. The molecular weight excluding hydrogens is 386 g/mol. The summed E-state index contributed by atoms with van der Waals surface area (Å²) in [4.78, 5) is 2.22. The number of rotatable bonds is 5. The average molecular weight is 412 g/mol. The summed E-state index contributed by atoms with van der Waals surface area (Å²) in [7, 11) is 2.12. The van der Waals surface area contributed by atoms with Gasteiger partial charge in [-0.3, -0.25) is 0 Å². The molecule has 32 heavy (non-hydrogen) atoms. The molecule has 0 N–H and O–H groups in total. The van der Waals surface area contributed by atoms with Crippen molar-refractivity contribution in [2.75, 3.05) is 11.9 Å². The van der Waals surface area contributed by atoms with Gasteiger partial charge in [-0.25, -0.2) is 0 Å². The number of para-hydroxylation sites is 1. The molecule has 0 bridgehead atoms. The lowest BCUT2D eigenvalue weighted by Gasteiger charge is -2.20. The van der Waals surface area contributed by atoms with Gasteiger partial charge in [0.15, 0.2) is 0 Å². The summed E-state index contributed by atoms with van der Waals surface area (Å²) in [5.41, 5.74) is 9.67. The predicted molar refractivity (Wildman–Crippen MR) is 137 cm³/mol. The number of anilines is 2. The van der Waals surface area contributed by atoms with Crippen molar-refractivity contribution in [1.29, 1.82) is 0 Å². The summed E-state index contributed by atoms with van der Waals surface area (Å²) >= 11 is 0. The normalized spacial score (nSPS) is 10.7. The van der Waals surface area contributed by atoms with Crippen molar-refractivity contribution in [1.82, 2.24) is 0 Å². The Kier molecular flexibility index (Phi) is 5.55. The van der Waals surface area contributed by atoms with Crippen LogP contribution in [0.15, 0.2) is 133 Å². The highest BCUT2D eigenvalue weighted by atomic mass is 15.1. The van der Waals surface area contributed by atoms with E-state index in [1.54, 1.807) is 0 Å². The lowest BCUT2D eigenvalue weighted by Crippen LogP contribution is -2.08. The third kappa shape index (κ3) is 4.19. The minimum Gasteiger partial charge on any atom is -0.345 e. The Bertz CT molecular complexity index is 1250. The molecule has 0 radical (unpaired) electrons. The van der Waals surface area contributed by atoms with Crippen LogP contribution in [0, 0.1) is 0 Å². The van der Waals surface area contributed by atoms with Crippen LogP contribution < -0.4 is 4.90 Å². The van der Waals surface area contributed by atoms with Crippen LogP contribution >= 0.6 is 0 Å². The predicted octanol–water partition coefficient (Wildman–Crippen LogP) is 8.46. The Morgan fingerprint density at radius 2 is 0.750 bits per heavy atom. The van der Waals surface area contributed by atoms with Gasteiger partial charge in [0.05, 0.1) is 0 Å². The Morgan fingerprint density at radius 3 is 1.28 bits per heavy atom. The maximum atomic E-state index is 2.30. The zero-order chi connectivity index (χ0) is 21.8. The van der Waals surface area contributed by atoms with E-state index in [2.05, 4.69) is 139 Å². The molecule has 0 spiro atoms. The molecule has 154 valence electrons. The Morgan fingerprint density at radius 1 is 0.344 bits per heavy atom. The smallest absolute Gasteiger partial charge is 0.0414 e. The van der Waals surface area contributed by atoms with Gasteiger partial charge in [-0.15, -0.1) is 0 Å². The highest BCUT2D eigenvalue weighted by Crippen LogP contribution is 2.34. The third-order valence-electron chi connectivity index (χ3n) is 5.86. The standard InChI is InChI=1S/C31H25N/c1-32(30-17-9-4-10-18-30)31-19-11-16-26(23-31)29-21-27(24-12-5-2-6-13-24)20-28(22-29)25-14-7-3-8-15-25/h2-23H,1H3. The molecule has 0 aliphatic rings. The molecule has 1 nitrogen and oxygen atoms in total. The van der Waals surface area contributed by atoms with Crippen LogP contribution in [-0.4, -0.2) is 7.05 Å². The molecular formula is C31H25N. The molecule has 0 amide bonds. The van der Waals surface area contributed by atoms with E-state index in [-0.39, 0.29) is 0 Å². The Balaban J connectivity index is 1.62. The van der Waals surface area contributed by atoms with Crippen LogP contribution in [-0.2, 0) is 0 Å². The molecule has 0 aliphatic carbocycles. The first-order valence-electron chi connectivity index (χ1n) is 10.9. The van der Waals surface area contributed by atoms with E-state index in [9.17, 15) is 0 Å². The van der Waals surface area contributed by atoms with E-state index in [0.717, 1.165) is 0 Å². The zero-order valence-electron chi connectivity index (χ0n) is 18.1. The van der Waals surface area contributed by atoms with E-state index in [1.165, 1.54) is 44.8 Å². The van der Waals surface area contributed by atoms with Crippen molar-refractivity contribution in [3.05, 3.63) is 133 Å². The molecule has 1 heteroatoms. The monoisotopic (exact) mass is 411 g/mol. The van der Waals surface area contributed by atoms with Crippen molar-refractivity contribution in [3.63, 3.8) is 0 Å². The minimum absolute atomic E-state index is 1.17. The topological polar surface area (TPSA) is 3.24 Å². The fourth-order valence-corrected chi connectivity index (χ4v) is 4.08. The van der Waals surface area contributed by atoms with Gasteiger partial charge >= 0.3 is 0 Å². The number of benzene rings is 5. The molecule has 0 heterocycles. The van der Waals surface area contributed by atoms with Gasteiger partial charge in [0.1, 0.15) is 0 Å². The highest BCUT2D eigenvalue weighted by Gasteiger charge is 2.09. The van der Waals surface area contributed by atoms with Gasteiger partial charge in [-0.05, 0) is 75.8 Å². The zero-order valence-corrected chi connectivity index (χ0v) is 18.1. The van der Waals surface area contributed by atoms with Crippen molar-refractivity contribution >= 4 is 11.4 Å². The molecule has 0 aromatic heterocycles. The van der Waals surface area contributed by atoms with Crippen LogP contribution in [0.2, 0.25) is 0 Å². The third-order valence-corrected chi connectivity index (χ3v) is 5.86. The summed E-state index contributed by atoms with van der Waals surface area (Å²) in [6, 6.07) is 47.3. The van der Waals surface area contributed by atoms with Gasteiger partial charge in [-0.2, -0.15) is 0 Å². The van der Waals surface area contributed by atoms with E-state index >= 15 is 0 Å². The van der Waals surface area contributed by atoms with Gasteiger partial charge in [0, 0.05) is 18.4 Å². The van der Waals surface area contributed by atoms with E-state index in [1.807, 2.05) is 6.07 Å². The quantitative estimate of drug-likeness (QED) is 0.280. The van der Waals surface area contributed by atoms with Gasteiger partial charge in [0.25, 0.3) is 0 Å². The van der Waals surface area contributed by atoms with Crippen molar-refractivity contribution in [2.45, 2.75) is 0 Å². The molecule has 5 rings (SSSR count). The van der Waals surface area contributed by atoms with Crippen LogP contribution in [0.4, 0.5) is 11.4 Å². The van der Waals surface area contributed by atoms with Gasteiger partial charge < -0.3 is 4.90 Å². The number of hydrogen-bond donors (Lipinski definition) is 0. The largest absolute Gasteiger partial charge is 0.345 e. The summed E-state index contributed by atoms with van der Waals surface area (Å²) in [5, 5.41) is 0. The molecule has 5 aromatic carbocycles. The first kappa shape index (κ1) is 19.8. The Hall–Kier alpha value is -4.10. The minimum atomic E-state index is 1.17. The molecule has 0 atom stereocenters. The van der Waals surface area contributed by atoms with Crippen LogP contribution in [0.25, 0.3) is 33.4 Å². The fraction of sp³-hybridized carbons (Fsp3) is 0.0323. The molecule has 0 saturated carbocycles. The first-order chi connectivity index (χ1) is 15.8. The van der Waals surface area contributed by atoms with Crippen LogP contribution in [0.5, 0.6) is 0 Å². The van der Waals surface area contributed by atoms with Gasteiger partial charge in [0.2, 0.25) is 0 Å². The molecule has 0 aliphatic heterocycles. The lowest BCUT2D eigenvalue weighted by atomic mass is 9.93. The second kappa shape index (κ2) is 8.95. The maximum Gasteiger partial charge on any atom is 0.0414 e. The van der Waals surface area contributed by atoms with E-state index < -0.39 is 0 Å². The van der Waals surface area contributed by atoms with Crippen molar-refractivity contribution in [2.24, 2.45) is 0 Å². The molecule has 0 unspecified atom stereocenters. The molecule has 0 fully saturated rings. The number of nitrogens with zero attached hydrogens (tertiary/aromatic N) is 1. The maximum absolute atomic E-state index is 2.30. The van der Waals surface area contributed by atoms with Crippen LogP contribution in [0.1, 0.15) is 0 Å². The summed E-state index contributed by atoms with van der Waals surface area (Å²) in [6.07, 6.45) is 0. The SMILES string of the molecule is CN(c1ccccc1)c1cccc(-c2cc(-c3ccccc3)cc(-c3ccccc3)c2)c1. The Labute approximate surface area is 190 Å². The van der Waals surface area contributed by atoms with Crippen molar-refractivity contribution in [3.8, 4) is 33.4 Å². The van der Waals surface area contributed by atoms with Crippen LogP contribution in [0.3, 0.4) is 0 Å². The average Bonchev–Trinajstić information content (AvgIpc) is 2.89. The molecule has 0 saturated heterocycles. The second-order valence-electron chi connectivity index (χ2n) is 7.98. The molecule has 5 aromatic rings. The first-order valence-corrected chi connectivity index (χ1v) is 10.9. The lowest BCUT2D eigenvalue weighted by molar-refractivity contribution is 1.21. The summed E-state index contributed by atoms with van der Waals surface area (Å²) in [5.74, 6) is 0. The number of hydrogen-bond acceptors (Lipinski definition) is 1. The van der Waals surface area contributed by atoms with Crippen molar-refractivity contribution < 1.29 is 0 Å². The second-order valence-corrected chi connectivity index (χ2v) is 7.98. The summed E-state index contributed by atoms with van der Waals surface area (Å²) < 4.78 is 0. The highest BCUT2D eigenvalue weighted by molar-refractivity contribution is 5.82. The van der Waals surface area contributed by atoms with E-state index in [4.69, 9.17) is 0 Å². The fourth-order valence-electron chi connectivity index (χ4n) is 4.08. The van der Waals surface area contributed by atoms with Gasteiger partial charge in [-0.1, -0.05) is 91.0 Å². The van der Waals surface area contributed by atoms with E-state index in [0.29, 0.717) is 0 Å².